The predicted molar refractivity (Wildman–Crippen MR) is 136 cm³/mol. The lowest BCUT2D eigenvalue weighted by molar-refractivity contribution is -0.330. The lowest BCUT2D eigenvalue weighted by atomic mass is 9.60. The molecule has 4 aliphatic rings. The fraction of sp³-hybridized carbons (Fsp3) is 0.630. The Kier molecular flexibility index (Phi) is 6.29. The molecule has 0 aromatic heterocycles. The van der Waals surface area contributed by atoms with E-state index in [-0.39, 0.29) is 17.0 Å². The van der Waals surface area contributed by atoms with Crippen molar-refractivity contribution in [2.45, 2.75) is 88.3 Å². The number of halogens is 1. The standard InChI is InChI=1S/C27H36ClN2O7/c1-16-13-19-22(20(28)14-16)30(5,25(3)11-8-10-18-9-6-7-12-27(18,25)34)35-24-26(19,33)15-21(29(24)4)23(32)37-36-17(2)31/h8,10,13-14,18,21,24,33-34H,6-7,9,11-12,15H2,1-5H3/q+1/t18-,21+,24+,25-,26+,27+,30-/m0/s1. The van der Waals surface area contributed by atoms with Gasteiger partial charge in [-0.2, -0.15) is 4.84 Å². The van der Waals surface area contributed by atoms with Gasteiger partial charge in [-0.05, 0) is 51.4 Å². The molecule has 1 saturated carbocycles. The maximum atomic E-state index is 12.9. The minimum absolute atomic E-state index is 0.0280. The van der Waals surface area contributed by atoms with E-state index in [1.165, 1.54) is 0 Å². The number of aliphatic hydroxyl groups is 2. The molecule has 2 aliphatic heterocycles. The normalized spacial score (nSPS) is 40.9. The van der Waals surface area contributed by atoms with Gasteiger partial charge in [0, 0.05) is 25.7 Å². The summed E-state index contributed by atoms with van der Waals surface area (Å²) >= 11 is 6.94. The van der Waals surface area contributed by atoms with Gasteiger partial charge in [-0.15, -0.1) is 4.65 Å². The highest BCUT2D eigenvalue weighted by molar-refractivity contribution is 6.33. The molecule has 2 fully saturated rings. The summed E-state index contributed by atoms with van der Waals surface area (Å²) < 4.78 is -0.179. The minimum atomic E-state index is -1.60. The summed E-state index contributed by atoms with van der Waals surface area (Å²) in [7, 11) is 3.55. The number of likely N-dealkylation sites (N-methyl/N-ethyl adjacent to an activating group) is 2. The zero-order valence-electron chi connectivity index (χ0n) is 22.0. The van der Waals surface area contributed by atoms with E-state index < -0.39 is 40.9 Å². The molecule has 1 aromatic carbocycles. The summed E-state index contributed by atoms with van der Waals surface area (Å²) in [5.41, 5.74) is -1.55. The number of quaternary nitrogens is 1. The number of hydrogen-bond donors (Lipinski definition) is 2. The molecule has 0 spiro atoms. The molecule has 0 radical (unpaired) electrons. The Balaban J connectivity index is 1.66. The van der Waals surface area contributed by atoms with Crippen molar-refractivity contribution < 1.29 is 34.4 Å². The topological polar surface area (TPSA) is 106 Å². The average molecular weight is 536 g/mol. The molecule has 0 amide bonds. The summed E-state index contributed by atoms with van der Waals surface area (Å²) in [6.45, 7) is 5.06. The van der Waals surface area contributed by atoms with Crippen LogP contribution in [0.4, 0.5) is 5.69 Å². The SMILES string of the molecule is CC(=O)OOC(=O)[C@H]1C[C@@]2(O)c3cc(C)cc(Cl)c3[N@@+](C)([C@@]3(C)CC=C[C@@H]4CCCC[C@@]43O)O[C@H]2N1C. The number of carbonyl (C=O) groups is 2. The van der Waals surface area contributed by atoms with Crippen LogP contribution in [0.2, 0.25) is 5.02 Å². The van der Waals surface area contributed by atoms with Gasteiger partial charge in [0.1, 0.15) is 29.3 Å². The lowest BCUT2D eigenvalue weighted by Crippen LogP contribution is -2.78. The van der Waals surface area contributed by atoms with Crippen molar-refractivity contribution in [1.29, 1.82) is 0 Å². The highest BCUT2D eigenvalue weighted by Crippen LogP contribution is 2.60. The number of hydrogen-bond acceptors (Lipinski definition) is 8. The van der Waals surface area contributed by atoms with Crippen LogP contribution >= 0.6 is 11.6 Å². The van der Waals surface area contributed by atoms with Crippen molar-refractivity contribution in [3.8, 4) is 0 Å². The first-order valence-corrected chi connectivity index (χ1v) is 13.2. The highest BCUT2D eigenvalue weighted by Gasteiger charge is 2.72. The van der Waals surface area contributed by atoms with E-state index in [0.717, 1.165) is 31.7 Å². The van der Waals surface area contributed by atoms with E-state index in [9.17, 15) is 19.8 Å². The molecular weight excluding hydrogens is 500 g/mol. The van der Waals surface area contributed by atoms with Gasteiger partial charge in [0.25, 0.3) is 0 Å². The smallest absolute Gasteiger partial charge is 0.372 e. The van der Waals surface area contributed by atoms with Crippen molar-refractivity contribution >= 4 is 29.2 Å². The van der Waals surface area contributed by atoms with Crippen molar-refractivity contribution in [1.82, 2.24) is 9.55 Å². The fourth-order valence-corrected chi connectivity index (χ4v) is 7.69. The Hall–Kier alpha value is -2.01. The number of rotatable bonds is 2. The van der Waals surface area contributed by atoms with Crippen LogP contribution in [-0.4, -0.2) is 64.6 Å². The Morgan fingerprint density at radius 2 is 1.97 bits per heavy atom. The summed E-state index contributed by atoms with van der Waals surface area (Å²) in [6.07, 6.45) is 7.20. The maximum Gasteiger partial charge on any atom is 0.372 e. The first-order chi connectivity index (χ1) is 17.3. The molecule has 7 atom stereocenters. The Labute approximate surface area is 222 Å². The Morgan fingerprint density at radius 1 is 1.24 bits per heavy atom. The molecule has 37 heavy (non-hydrogen) atoms. The number of nitrogens with zero attached hydrogens (tertiary/aromatic N) is 2. The van der Waals surface area contributed by atoms with Gasteiger partial charge in [-0.3, -0.25) is 4.90 Å². The molecule has 1 aromatic rings. The summed E-state index contributed by atoms with van der Waals surface area (Å²) in [6, 6.07) is 2.77. The van der Waals surface area contributed by atoms with Crippen LogP contribution in [0.1, 0.15) is 63.5 Å². The molecule has 9 nitrogen and oxygen atoms in total. The fourth-order valence-electron chi connectivity index (χ4n) is 7.25. The molecule has 2 aliphatic carbocycles. The largest absolute Gasteiger partial charge is 0.383 e. The summed E-state index contributed by atoms with van der Waals surface area (Å²) in [5.74, 6) is -1.59. The van der Waals surface area contributed by atoms with Gasteiger partial charge < -0.3 is 10.2 Å². The Bertz CT molecular complexity index is 1180. The predicted octanol–water partition coefficient (Wildman–Crippen LogP) is 3.41. The van der Waals surface area contributed by atoms with Crippen LogP contribution in [0, 0.1) is 12.8 Å². The van der Waals surface area contributed by atoms with E-state index in [1.807, 2.05) is 33.0 Å². The zero-order chi connectivity index (χ0) is 27.0. The van der Waals surface area contributed by atoms with Crippen LogP contribution in [0.5, 0.6) is 0 Å². The Morgan fingerprint density at radius 3 is 2.68 bits per heavy atom. The number of fused-ring (bicyclic) bond motifs is 4. The third kappa shape index (κ3) is 3.62. The molecule has 2 N–H and O–H groups in total. The molecule has 1 saturated heterocycles. The van der Waals surface area contributed by atoms with Gasteiger partial charge in [0.15, 0.2) is 11.2 Å². The van der Waals surface area contributed by atoms with Crippen molar-refractivity contribution in [3.05, 3.63) is 40.4 Å². The minimum Gasteiger partial charge on any atom is -0.383 e. The van der Waals surface area contributed by atoms with Crippen molar-refractivity contribution in [3.63, 3.8) is 0 Å². The third-order valence-corrected chi connectivity index (χ3v) is 9.68. The number of benzene rings is 1. The van der Waals surface area contributed by atoms with Gasteiger partial charge >= 0.3 is 11.9 Å². The lowest BCUT2D eigenvalue weighted by Gasteiger charge is -2.61. The number of likely N-dealkylation sites (tertiary alicyclic amines) is 1. The van der Waals surface area contributed by atoms with Crippen LogP contribution in [0.15, 0.2) is 24.3 Å². The molecule has 2 heterocycles. The zero-order valence-corrected chi connectivity index (χ0v) is 22.7. The number of hydroxylamine groups is 2. The van der Waals surface area contributed by atoms with Crippen LogP contribution in [-0.2, 0) is 29.8 Å². The van der Waals surface area contributed by atoms with Crippen molar-refractivity contribution in [2.75, 3.05) is 14.1 Å². The molecule has 0 unspecified atom stereocenters. The summed E-state index contributed by atoms with van der Waals surface area (Å²) in [5, 5.41) is 24.9. The van der Waals surface area contributed by atoms with E-state index >= 15 is 0 Å². The number of aryl methyl sites for hydroxylation is 1. The highest BCUT2D eigenvalue weighted by atomic mass is 35.5. The quantitative estimate of drug-likeness (QED) is 0.257. The summed E-state index contributed by atoms with van der Waals surface area (Å²) in [4.78, 5) is 41.7. The molecule has 5 rings (SSSR count). The van der Waals surface area contributed by atoms with E-state index in [2.05, 4.69) is 17.0 Å². The first-order valence-electron chi connectivity index (χ1n) is 12.9. The second-order valence-corrected chi connectivity index (χ2v) is 11.9. The van der Waals surface area contributed by atoms with Crippen molar-refractivity contribution in [2.24, 2.45) is 5.92 Å². The first kappa shape index (κ1) is 26.6. The van der Waals surface area contributed by atoms with Gasteiger partial charge in [0.2, 0.25) is 6.23 Å². The molecule has 0 bridgehead atoms. The molecule has 10 heteroatoms. The maximum absolute atomic E-state index is 12.9. The van der Waals surface area contributed by atoms with E-state index in [0.29, 0.717) is 29.1 Å². The van der Waals surface area contributed by atoms with Gasteiger partial charge in [-0.1, -0.05) is 36.6 Å². The van der Waals surface area contributed by atoms with Crippen LogP contribution in [0.25, 0.3) is 0 Å². The molecular formula is C27H36ClN2O7+. The second-order valence-electron chi connectivity index (χ2n) is 11.5. The molecule has 202 valence electrons. The monoisotopic (exact) mass is 535 g/mol. The van der Waals surface area contributed by atoms with Crippen LogP contribution < -0.4 is 4.65 Å². The second kappa shape index (κ2) is 8.76. The van der Waals surface area contributed by atoms with Gasteiger partial charge in [0.05, 0.1) is 5.56 Å². The van der Waals surface area contributed by atoms with Gasteiger partial charge in [-0.25, -0.2) is 19.4 Å². The number of carbonyl (C=O) groups excluding carboxylic acids is 2. The average Bonchev–Trinajstić information content (AvgIpc) is 3.09. The van der Waals surface area contributed by atoms with Crippen LogP contribution in [0.3, 0.4) is 0 Å². The van der Waals surface area contributed by atoms with E-state index in [1.54, 1.807) is 11.9 Å². The third-order valence-electron chi connectivity index (χ3n) is 9.39. The van der Waals surface area contributed by atoms with E-state index in [4.69, 9.17) is 21.3 Å².